The maximum Gasteiger partial charge on any atom is 0.189 e. The van der Waals surface area contributed by atoms with Crippen molar-refractivity contribution in [2.45, 2.75) is 33.0 Å². The second-order valence-corrected chi connectivity index (χ2v) is 5.06. The Hall–Kier alpha value is -2.30. The van der Waals surface area contributed by atoms with Crippen molar-refractivity contribution in [3.05, 3.63) is 54.1 Å². The molecule has 1 heterocycles. The van der Waals surface area contributed by atoms with Crippen LogP contribution in [-0.2, 0) is 13.1 Å². The number of aliphatic imine (C=N–C) groups is 1. The summed E-state index contributed by atoms with van der Waals surface area (Å²) in [4.78, 5) is 8.38. The van der Waals surface area contributed by atoms with E-state index in [-0.39, 0.29) is 0 Å². The Bertz CT molecular complexity index is 557. The highest BCUT2D eigenvalue weighted by Crippen LogP contribution is 2.08. The summed E-state index contributed by atoms with van der Waals surface area (Å²) < 4.78 is 2.04. The molecule has 0 spiro atoms. The molecule has 0 bridgehead atoms. The number of nitrogens with zero attached hydrogens (tertiary/aromatic N) is 3. The van der Waals surface area contributed by atoms with Gasteiger partial charge in [0.2, 0.25) is 0 Å². The molecular formula is C15H21N5. The minimum Gasteiger partial charge on any atom is -0.370 e. The van der Waals surface area contributed by atoms with E-state index in [9.17, 15) is 0 Å². The summed E-state index contributed by atoms with van der Waals surface area (Å²) >= 11 is 0. The Morgan fingerprint density at radius 2 is 2.20 bits per heavy atom. The van der Waals surface area contributed by atoms with Crippen LogP contribution < -0.4 is 11.1 Å². The molecule has 0 aliphatic rings. The molecule has 0 aliphatic carbocycles. The van der Waals surface area contributed by atoms with Crippen LogP contribution in [-0.4, -0.2) is 21.6 Å². The summed E-state index contributed by atoms with van der Waals surface area (Å²) in [6.45, 7) is 5.48. The molecule has 5 heteroatoms. The van der Waals surface area contributed by atoms with Gasteiger partial charge in [-0.15, -0.1) is 0 Å². The fourth-order valence-electron chi connectivity index (χ4n) is 1.94. The van der Waals surface area contributed by atoms with E-state index < -0.39 is 0 Å². The van der Waals surface area contributed by atoms with Gasteiger partial charge in [0.1, 0.15) is 0 Å². The highest BCUT2D eigenvalue weighted by molar-refractivity contribution is 5.78. The maximum absolute atomic E-state index is 5.80. The molecule has 2 rings (SSSR count). The van der Waals surface area contributed by atoms with Crippen molar-refractivity contribution < 1.29 is 0 Å². The van der Waals surface area contributed by atoms with Crippen molar-refractivity contribution in [3.8, 4) is 0 Å². The summed E-state index contributed by atoms with van der Waals surface area (Å²) in [5.74, 6) is 0.486. The Morgan fingerprint density at radius 3 is 2.90 bits per heavy atom. The lowest BCUT2D eigenvalue weighted by atomic mass is 10.1. The van der Waals surface area contributed by atoms with Gasteiger partial charge >= 0.3 is 0 Å². The third kappa shape index (κ3) is 4.42. The van der Waals surface area contributed by atoms with Crippen LogP contribution in [0.3, 0.4) is 0 Å². The van der Waals surface area contributed by atoms with Crippen LogP contribution in [0.5, 0.6) is 0 Å². The molecular weight excluding hydrogens is 250 g/mol. The lowest BCUT2D eigenvalue weighted by Crippen LogP contribution is -2.36. The normalized spacial score (nSPS) is 11.8. The van der Waals surface area contributed by atoms with Crippen LogP contribution in [0, 0.1) is 0 Å². The Morgan fingerprint density at radius 1 is 1.40 bits per heavy atom. The average molecular weight is 271 g/mol. The number of hydrogen-bond acceptors (Lipinski definition) is 2. The molecule has 0 atom stereocenters. The van der Waals surface area contributed by atoms with Crippen molar-refractivity contribution >= 4 is 5.96 Å². The van der Waals surface area contributed by atoms with Gasteiger partial charge in [-0.05, 0) is 25.0 Å². The SMILES string of the molecule is CC(C)NC(N)=NCc1cccc(Cn2ccnc2)c1. The number of rotatable bonds is 5. The van der Waals surface area contributed by atoms with Crippen molar-refractivity contribution in [1.82, 2.24) is 14.9 Å². The van der Waals surface area contributed by atoms with E-state index in [0.717, 1.165) is 12.1 Å². The molecule has 1 aromatic heterocycles. The van der Waals surface area contributed by atoms with Gasteiger partial charge in [-0.25, -0.2) is 9.98 Å². The molecule has 0 radical (unpaired) electrons. The summed E-state index contributed by atoms with van der Waals surface area (Å²) in [7, 11) is 0. The molecule has 1 aromatic carbocycles. The van der Waals surface area contributed by atoms with E-state index >= 15 is 0 Å². The molecule has 3 N–H and O–H groups in total. The van der Waals surface area contributed by atoms with Crippen molar-refractivity contribution in [3.63, 3.8) is 0 Å². The van der Waals surface area contributed by atoms with Crippen LogP contribution in [0.2, 0.25) is 0 Å². The summed E-state index contributed by atoms with van der Waals surface area (Å²) in [6, 6.07) is 8.65. The zero-order valence-electron chi connectivity index (χ0n) is 12.0. The van der Waals surface area contributed by atoms with Gasteiger partial charge in [0, 0.05) is 25.0 Å². The van der Waals surface area contributed by atoms with Gasteiger partial charge in [0.25, 0.3) is 0 Å². The lowest BCUT2D eigenvalue weighted by molar-refractivity contribution is 0.723. The van der Waals surface area contributed by atoms with E-state index in [1.165, 1.54) is 5.56 Å². The first kappa shape index (κ1) is 14.1. The van der Waals surface area contributed by atoms with E-state index in [2.05, 4.69) is 33.5 Å². The van der Waals surface area contributed by atoms with Crippen LogP contribution >= 0.6 is 0 Å². The van der Waals surface area contributed by atoms with E-state index in [1.54, 1.807) is 6.20 Å². The number of guanidine groups is 1. The topological polar surface area (TPSA) is 68.2 Å². The number of aromatic nitrogens is 2. The van der Waals surface area contributed by atoms with Gasteiger partial charge in [-0.1, -0.05) is 24.3 Å². The summed E-state index contributed by atoms with van der Waals surface area (Å²) in [5.41, 5.74) is 8.17. The van der Waals surface area contributed by atoms with Gasteiger partial charge in [0.15, 0.2) is 5.96 Å². The molecule has 0 amide bonds. The predicted octanol–water partition coefficient (Wildman–Crippen LogP) is 1.74. The second-order valence-electron chi connectivity index (χ2n) is 5.06. The number of hydrogen-bond donors (Lipinski definition) is 2. The van der Waals surface area contributed by atoms with Crippen LogP contribution in [0.1, 0.15) is 25.0 Å². The molecule has 0 saturated carbocycles. The molecule has 106 valence electrons. The number of imidazole rings is 1. The number of nitrogens with two attached hydrogens (primary N) is 1. The molecule has 0 fully saturated rings. The zero-order valence-corrected chi connectivity index (χ0v) is 12.0. The highest BCUT2D eigenvalue weighted by atomic mass is 15.1. The first-order valence-corrected chi connectivity index (χ1v) is 6.73. The summed E-state index contributed by atoms with van der Waals surface area (Å²) in [5, 5.41) is 3.08. The molecule has 5 nitrogen and oxygen atoms in total. The van der Waals surface area contributed by atoms with Crippen molar-refractivity contribution in [2.24, 2.45) is 10.7 Å². The maximum atomic E-state index is 5.80. The first-order valence-electron chi connectivity index (χ1n) is 6.73. The molecule has 2 aromatic rings. The van der Waals surface area contributed by atoms with Gasteiger partial charge in [0.05, 0.1) is 12.9 Å². The largest absolute Gasteiger partial charge is 0.370 e. The van der Waals surface area contributed by atoms with Crippen LogP contribution in [0.4, 0.5) is 0 Å². The predicted molar refractivity (Wildman–Crippen MR) is 81.4 cm³/mol. The molecule has 20 heavy (non-hydrogen) atoms. The quantitative estimate of drug-likeness (QED) is 0.643. The minimum atomic E-state index is 0.298. The Kier molecular flexibility index (Phi) is 4.76. The number of benzene rings is 1. The monoisotopic (exact) mass is 271 g/mol. The average Bonchev–Trinajstić information content (AvgIpc) is 2.89. The van der Waals surface area contributed by atoms with Crippen molar-refractivity contribution in [2.75, 3.05) is 0 Å². The Balaban J connectivity index is 1.99. The lowest BCUT2D eigenvalue weighted by Gasteiger charge is -2.09. The van der Waals surface area contributed by atoms with Gasteiger partial charge < -0.3 is 15.6 Å². The number of nitrogens with one attached hydrogen (secondary N) is 1. The standard InChI is InChI=1S/C15H21N5/c1-12(2)19-15(16)18-9-13-4-3-5-14(8-13)10-20-7-6-17-11-20/h3-8,11-12H,9-10H2,1-2H3,(H3,16,18,19). The molecule has 0 unspecified atom stereocenters. The molecule has 0 aliphatic heterocycles. The van der Waals surface area contributed by atoms with Crippen molar-refractivity contribution in [1.29, 1.82) is 0 Å². The van der Waals surface area contributed by atoms with Crippen LogP contribution in [0.25, 0.3) is 0 Å². The first-order chi connectivity index (χ1) is 9.63. The van der Waals surface area contributed by atoms with E-state index in [4.69, 9.17) is 5.73 Å². The smallest absolute Gasteiger partial charge is 0.189 e. The zero-order chi connectivity index (χ0) is 14.4. The third-order valence-corrected chi connectivity index (χ3v) is 2.78. The third-order valence-electron chi connectivity index (χ3n) is 2.78. The fraction of sp³-hybridized carbons (Fsp3) is 0.333. The highest BCUT2D eigenvalue weighted by Gasteiger charge is 1.99. The van der Waals surface area contributed by atoms with E-state index in [0.29, 0.717) is 18.5 Å². The van der Waals surface area contributed by atoms with Crippen LogP contribution in [0.15, 0.2) is 48.0 Å². The summed E-state index contributed by atoms with van der Waals surface area (Å²) in [6.07, 6.45) is 5.55. The molecule has 0 saturated heterocycles. The second kappa shape index (κ2) is 6.75. The van der Waals surface area contributed by atoms with Gasteiger partial charge in [-0.2, -0.15) is 0 Å². The van der Waals surface area contributed by atoms with E-state index in [1.807, 2.05) is 37.0 Å². The Labute approximate surface area is 119 Å². The minimum absolute atomic E-state index is 0.298. The van der Waals surface area contributed by atoms with Gasteiger partial charge in [-0.3, -0.25) is 0 Å². The fourth-order valence-corrected chi connectivity index (χ4v) is 1.94.